The Hall–Kier alpha value is -2.62. The van der Waals surface area contributed by atoms with Crippen molar-refractivity contribution >= 4 is 23.2 Å². The summed E-state index contributed by atoms with van der Waals surface area (Å²) in [4.78, 5) is 23.1. The number of aryl methyl sites for hydroxylation is 2. The number of amides is 2. The van der Waals surface area contributed by atoms with E-state index in [1.165, 1.54) is 6.92 Å². The van der Waals surface area contributed by atoms with Crippen molar-refractivity contribution in [2.75, 3.05) is 10.6 Å². The van der Waals surface area contributed by atoms with Crippen molar-refractivity contribution in [3.05, 3.63) is 59.2 Å². The van der Waals surface area contributed by atoms with Crippen LogP contribution in [0.5, 0.6) is 0 Å². The maximum absolute atomic E-state index is 11.9. The number of hydrogen-bond acceptors (Lipinski definition) is 2. The molecule has 0 radical (unpaired) electrons. The second kappa shape index (κ2) is 6.22. The summed E-state index contributed by atoms with van der Waals surface area (Å²) in [6, 6.07) is 12.3. The van der Waals surface area contributed by atoms with Crippen LogP contribution in [0.15, 0.2) is 42.5 Å². The van der Waals surface area contributed by atoms with Crippen LogP contribution in [0.2, 0.25) is 0 Å². The lowest BCUT2D eigenvalue weighted by atomic mass is 10.1. The van der Waals surface area contributed by atoms with E-state index in [4.69, 9.17) is 0 Å². The molecule has 2 rings (SSSR count). The minimum atomic E-state index is -0.310. The maximum atomic E-state index is 11.9. The van der Waals surface area contributed by atoms with Crippen LogP contribution in [-0.2, 0) is 0 Å². The van der Waals surface area contributed by atoms with E-state index in [0.29, 0.717) is 11.3 Å². The van der Waals surface area contributed by atoms with Gasteiger partial charge in [0.25, 0.3) is 0 Å². The van der Waals surface area contributed by atoms with E-state index in [1.54, 1.807) is 24.3 Å². The zero-order valence-corrected chi connectivity index (χ0v) is 12.4. The molecule has 2 aromatic rings. The minimum absolute atomic E-state index is 0.00115. The first-order valence-corrected chi connectivity index (χ1v) is 6.71. The van der Waals surface area contributed by atoms with Gasteiger partial charge in [-0.25, -0.2) is 4.79 Å². The van der Waals surface area contributed by atoms with Gasteiger partial charge in [-0.15, -0.1) is 0 Å². The van der Waals surface area contributed by atoms with Crippen molar-refractivity contribution in [1.82, 2.24) is 0 Å². The van der Waals surface area contributed by atoms with Crippen molar-refractivity contribution in [1.29, 1.82) is 0 Å². The van der Waals surface area contributed by atoms with Gasteiger partial charge in [-0.3, -0.25) is 4.79 Å². The molecule has 2 aromatic carbocycles. The molecule has 0 aliphatic heterocycles. The number of benzene rings is 2. The summed E-state index contributed by atoms with van der Waals surface area (Å²) < 4.78 is 0. The number of urea groups is 1. The summed E-state index contributed by atoms with van der Waals surface area (Å²) in [6.07, 6.45) is 0. The molecule has 0 saturated carbocycles. The van der Waals surface area contributed by atoms with Gasteiger partial charge in [-0.1, -0.05) is 6.07 Å². The molecule has 0 aliphatic rings. The molecule has 4 heteroatoms. The van der Waals surface area contributed by atoms with Crippen molar-refractivity contribution in [2.24, 2.45) is 0 Å². The topological polar surface area (TPSA) is 58.2 Å². The van der Waals surface area contributed by atoms with E-state index in [1.807, 2.05) is 32.0 Å². The van der Waals surface area contributed by atoms with Crippen LogP contribution in [0, 0.1) is 13.8 Å². The summed E-state index contributed by atoms with van der Waals surface area (Å²) in [6.45, 7) is 5.47. The molecule has 0 fully saturated rings. The highest BCUT2D eigenvalue weighted by Gasteiger charge is 2.04. The Morgan fingerprint density at radius 1 is 0.810 bits per heavy atom. The fraction of sp³-hybridized carbons (Fsp3) is 0.176. The van der Waals surface area contributed by atoms with Crippen molar-refractivity contribution in [3.63, 3.8) is 0 Å². The van der Waals surface area contributed by atoms with Crippen LogP contribution in [0.3, 0.4) is 0 Å². The van der Waals surface area contributed by atoms with Gasteiger partial charge < -0.3 is 10.6 Å². The number of nitrogens with one attached hydrogen (secondary N) is 2. The molecule has 4 nitrogen and oxygen atoms in total. The standard InChI is InChI=1S/C17H18N2O2/c1-11-8-12(2)10-16(9-11)19-17(21)18-15-6-4-14(5-7-15)13(3)20/h4-10H,1-3H3,(H2,18,19,21). The highest BCUT2D eigenvalue weighted by atomic mass is 16.2. The van der Waals surface area contributed by atoms with Crippen LogP contribution in [0.25, 0.3) is 0 Å². The van der Waals surface area contributed by atoms with Crippen molar-refractivity contribution < 1.29 is 9.59 Å². The van der Waals surface area contributed by atoms with E-state index in [0.717, 1.165) is 16.8 Å². The summed E-state index contributed by atoms with van der Waals surface area (Å²) in [5.74, 6) is 0.00115. The molecule has 0 aliphatic carbocycles. The number of hydrogen-bond donors (Lipinski definition) is 2. The van der Waals surface area contributed by atoms with Crippen LogP contribution in [-0.4, -0.2) is 11.8 Å². The molecular formula is C17H18N2O2. The molecule has 0 atom stereocenters. The Bertz CT molecular complexity index is 655. The summed E-state index contributed by atoms with van der Waals surface area (Å²) in [5, 5.41) is 5.53. The Morgan fingerprint density at radius 2 is 1.33 bits per heavy atom. The van der Waals surface area contributed by atoms with Gasteiger partial charge in [-0.2, -0.15) is 0 Å². The molecule has 0 unspecified atom stereocenters. The van der Waals surface area contributed by atoms with Crippen LogP contribution < -0.4 is 10.6 Å². The molecule has 2 amide bonds. The predicted molar refractivity (Wildman–Crippen MR) is 85.0 cm³/mol. The third kappa shape index (κ3) is 4.18. The van der Waals surface area contributed by atoms with Gasteiger partial charge in [0.05, 0.1) is 0 Å². The van der Waals surface area contributed by atoms with Gasteiger partial charge in [0.15, 0.2) is 5.78 Å². The zero-order chi connectivity index (χ0) is 15.4. The van der Waals surface area contributed by atoms with E-state index in [-0.39, 0.29) is 11.8 Å². The number of anilines is 2. The first-order chi connectivity index (χ1) is 9.94. The molecule has 108 valence electrons. The fourth-order valence-electron chi connectivity index (χ4n) is 2.13. The maximum Gasteiger partial charge on any atom is 0.323 e. The Labute approximate surface area is 124 Å². The average molecular weight is 282 g/mol. The van der Waals surface area contributed by atoms with E-state index in [9.17, 15) is 9.59 Å². The highest BCUT2D eigenvalue weighted by Crippen LogP contribution is 2.15. The lowest BCUT2D eigenvalue weighted by Crippen LogP contribution is -2.19. The molecule has 0 aromatic heterocycles. The normalized spacial score (nSPS) is 10.0. The first-order valence-electron chi connectivity index (χ1n) is 6.71. The molecular weight excluding hydrogens is 264 g/mol. The van der Waals surface area contributed by atoms with E-state index in [2.05, 4.69) is 10.6 Å². The minimum Gasteiger partial charge on any atom is -0.308 e. The number of Topliss-reactive ketones (excluding diaryl/α,β-unsaturated/α-hetero) is 1. The summed E-state index contributed by atoms with van der Waals surface area (Å²) in [7, 11) is 0. The highest BCUT2D eigenvalue weighted by molar-refractivity contribution is 6.00. The quantitative estimate of drug-likeness (QED) is 0.831. The van der Waals surface area contributed by atoms with Gasteiger partial charge >= 0.3 is 6.03 Å². The lowest BCUT2D eigenvalue weighted by Gasteiger charge is -2.09. The van der Waals surface area contributed by atoms with Crippen LogP contribution >= 0.6 is 0 Å². The van der Waals surface area contributed by atoms with E-state index >= 15 is 0 Å². The first kappa shape index (κ1) is 14.8. The predicted octanol–water partition coefficient (Wildman–Crippen LogP) is 4.15. The number of rotatable bonds is 3. The van der Waals surface area contributed by atoms with Gasteiger partial charge in [0.1, 0.15) is 0 Å². The molecule has 0 bridgehead atoms. The number of ketones is 1. The van der Waals surface area contributed by atoms with Crippen LogP contribution in [0.4, 0.5) is 16.2 Å². The lowest BCUT2D eigenvalue weighted by molar-refractivity contribution is 0.101. The Morgan fingerprint density at radius 3 is 1.86 bits per heavy atom. The van der Waals surface area contributed by atoms with Gasteiger partial charge in [0.2, 0.25) is 0 Å². The van der Waals surface area contributed by atoms with Gasteiger partial charge in [0, 0.05) is 16.9 Å². The molecule has 21 heavy (non-hydrogen) atoms. The fourth-order valence-corrected chi connectivity index (χ4v) is 2.13. The summed E-state index contributed by atoms with van der Waals surface area (Å²) in [5.41, 5.74) is 4.20. The Kier molecular flexibility index (Phi) is 4.38. The molecule has 0 saturated heterocycles. The van der Waals surface area contributed by atoms with Crippen LogP contribution in [0.1, 0.15) is 28.4 Å². The SMILES string of the molecule is CC(=O)c1ccc(NC(=O)Nc2cc(C)cc(C)c2)cc1. The largest absolute Gasteiger partial charge is 0.323 e. The van der Waals surface area contributed by atoms with Gasteiger partial charge in [-0.05, 0) is 68.3 Å². The third-order valence-electron chi connectivity index (χ3n) is 3.03. The smallest absolute Gasteiger partial charge is 0.308 e. The second-order valence-electron chi connectivity index (χ2n) is 5.09. The molecule has 0 spiro atoms. The zero-order valence-electron chi connectivity index (χ0n) is 12.4. The van der Waals surface area contributed by atoms with Crippen molar-refractivity contribution in [3.8, 4) is 0 Å². The number of carbonyl (C=O) groups is 2. The summed E-state index contributed by atoms with van der Waals surface area (Å²) >= 11 is 0. The second-order valence-corrected chi connectivity index (χ2v) is 5.09. The average Bonchev–Trinajstić information content (AvgIpc) is 2.37. The molecule has 0 heterocycles. The molecule has 2 N–H and O–H groups in total. The third-order valence-corrected chi connectivity index (χ3v) is 3.03. The monoisotopic (exact) mass is 282 g/mol. The number of carbonyl (C=O) groups excluding carboxylic acids is 2. The van der Waals surface area contributed by atoms with Crippen molar-refractivity contribution in [2.45, 2.75) is 20.8 Å². The Balaban J connectivity index is 2.02. The van der Waals surface area contributed by atoms with E-state index < -0.39 is 0 Å².